The summed E-state index contributed by atoms with van der Waals surface area (Å²) in [6.45, 7) is 0.427. The van der Waals surface area contributed by atoms with Crippen LogP contribution in [0.5, 0.6) is 5.75 Å². The number of ether oxygens (including phenoxy) is 1. The van der Waals surface area contributed by atoms with E-state index in [4.69, 9.17) is 4.74 Å². The second-order valence-electron chi connectivity index (χ2n) is 4.99. The van der Waals surface area contributed by atoms with Crippen LogP contribution in [0, 0.1) is 0 Å². The van der Waals surface area contributed by atoms with Gasteiger partial charge in [-0.2, -0.15) is 0 Å². The first-order valence-corrected chi connectivity index (χ1v) is 7.51. The van der Waals surface area contributed by atoms with Crippen molar-refractivity contribution in [3.05, 3.63) is 90.5 Å². The van der Waals surface area contributed by atoms with Crippen molar-refractivity contribution in [1.82, 2.24) is 0 Å². The van der Waals surface area contributed by atoms with Gasteiger partial charge in [0.2, 0.25) is 0 Å². The Kier molecular flexibility index (Phi) is 5.04. The van der Waals surface area contributed by atoms with E-state index in [1.807, 2.05) is 91.1 Å². The molecular weight excluding hydrogens is 284 g/mol. The molecule has 0 saturated carbocycles. The molecule has 3 aromatic carbocycles. The first kappa shape index (κ1) is 14.9. The topological polar surface area (TPSA) is 33.6 Å². The Hall–Kier alpha value is -3.07. The van der Waals surface area contributed by atoms with Crippen LogP contribution in [0.4, 0.5) is 11.4 Å². The minimum atomic E-state index is 0.427. The van der Waals surface area contributed by atoms with Crippen molar-refractivity contribution < 1.29 is 4.74 Å². The molecule has 0 bridgehead atoms. The van der Waals surface area contributed by atoms with Crippen LogP contribution in [0.25, 0.3) is 0 Å². The summed E-state index contributed by atoms with van der Waals surface area (Å²) >= 11 is 0. The van der Waals surface area contributed by atoms with E-state index < -0.39 is 0 Å². The first-order valence-electron chi connectivity index (χ1n) is 7.51. The minimum Gasteiger partial charge on any atom is -0.473 e. The number of nitrogens with zero attached hydrogens (tertiary/aromatic N) is 1. The summed E-state index contributed by atoms with van der Waals surface area (Å²) < 4.78 is 5.66. The van der Waals surface area contributed by atoms with Gasteiger partial charge in [-0.15, -0.1) is 0 Å². The molecule has 23 heavy (non-hydrogen) atoms. The Morgan fingerprint density at radius 3 is 2.13 bits per heavy atom. The molecule has 0 heterocycles. The molecule has 3 nitrogen and oxygen atoms in total. The smallest absolute Gasteiger partial charge is 0.159 e. The standard InChI is InChI=1S/C20H18N2O/c1-3-7-17(8-4-1)15-21-19-11-13-20(14-12-19)23-16-22-18-9-5-2-6-10-18/h1-15,22H,16H2. The maximum absolute atomic E-state index is 5.66. The Morgan fingerprint density at radius 1 is 0.783 bits per heavy atom. The molecule has 0 amide bonds. The number of para-hydroxylation sites is 1. The van der Waals surface area contributed by atoms with Crippen LogP contribution in [-0.2, 0) is 0 Å². The van der Waals surface area contributed by atoms with Crippen LogP contribution < -0.4 is 10.1 Å². The van der Waals surface area contributed by atoms with Crippen LogP contribution in [0.1, 0.15) is 5.56 Å². The lowest BCUT2D eigenvalue weighted by Gasteiger charge is -2.08. The first-order chi connectivity index (χ1) is 11.4. The summed E-state index contributed by atoms with van der Waals surface area (Å²) in [5.74, 6) is 0.812. The van der Waals surface area contributed by atoms with Crippen LogP contribution in [-0.4, -0.2) is 12.9 Å². The van der Waals surface area contributed by atoms with Crippen molar-refractivity contribution in [3.63, 3.8) is 0 Å². The van der Waals surface area contributed by atoms with Gasteiger partial charge >= 0.3 is 0 Å². The molecule has 3 heteroatoms. The molecule has 114 valence electrons. The molecule has 0 aliphatic heterocycles. The Labute approximate surface area is 136 Å². The highest BCUT2D eigenvalue weighted by atomic mass is 16.5. The zero-order chi connectivity index (χ0) is 15.7. The van der Waals surface area contributed by atoms with Gasteiger partial charge in [-0.05, 0) is 42.0 Å². The van der Waals surface area contributed by atoms with Gasteiger partial charge in [-0.1, -0.05) is 48.5 Å². The Morgan fingerprint density at radius 2 is 1.43 bits per heavy atom. The highest BCUT2D eigenvalue weighted by Gasteiger charge is 1.95. The molecule has 0 atom stereocenters. The Bertz CT molecular complexity index is 738. The van der Waals surface area contributed by atoms with Crippen molar-refractivity contribution in [2.24, 2.45) is 4.99 Å². The molecule has 0 radical (unpaired) electrons. The summed E-state index contributed by atoms with van der Waals surface area (Å²) in [5, 5.41) is 3.20. The van der Waals surface area contributed by atoms with Gasteiger partial charge in [-0.3, -0.25) is 4.99 Å². The Balaban J connectivity index is 1.52. The number of hydrogen-bond donors (Lipinski definition) is 1. The third-order valence-electron chi connectivity index (χ3n) is 3.29. The summed E-state index contributed by atoms with van der Waals surface area (Å²) in [7, 11) is 0. The number of rotatable bonds is 6. The molecule has 3 aromatic rings. The van der Waals surface area contributed by atoms with Crippen molar-refractivity contribution >= 4 is 17.6 Å². The van der Waals surface area contributed by atoms with E-state index in [-0.39, 0.29) is 0 Å². The van der Waals surface area contributed by atoms with E-state index >= 15 is 0 Å². The number of aliphatic imine (C=N–C) groups is 1. The number of hydrogen-bond acceptors (Lipinski definition) is 3. The second kappa shape index (κ2) is 7.80. The van der Waals surface area contributed by atoms with Crippen LogP contribution >= 0.6 is 0 Å². The van der Waals surface area contributed by atoms with Crippen molar-refractivity contribution in [1.29, 1.82) is 0 Å². The third-order valence-corrected chi connectivity index (χ3v) is 3.29. The largest absolute Gasteiger partial charge is 0.473 e. The lowest BCUT2D eigenvalue weighted by atomic mass is 10.2. The maximum Gasteiger partial charge on any atom is 0.159 e. The average molecular weight is 302 g/mol. The third kappa shape index (κ3) is 4.71. The number of nitrogens with one attached hydrogen (secondary N) is 1. The molecule has 0 spiro atoms. The predicted octanol–water partition coefficient (Wildman–Crippen LogP) is 4.89. The minimum absolute atomic E-state index is 0.427. The van der Waals surface area contributed by atoms with E-state index in [9.17, 15) is 0 Å². The fourth-order valence-corrected chi connectivity index (χ4v) is 2.08. The SMILES string of the molecule is C(=Nc1ccc(OCNc2ccccc2)cc1)c1ccccc1. The highest BCUT2D eigenvalue weighted by Crippen LogP contribution is 2.18. The van der Waals surface area contributed by atoms with Gasteiger partial charge in [0.15, 0.2) is 6.73 Å². The number of benzene rings is 3. The van der Waals surface area contributed by atoms with Gasteiger partial charge in [0.25, 0.3) is 0 Å². The second-order valence-corrected chi connectivity index (χ2v) is 4.99. The lowest BCUT2D eigenvalue weighted by molar-refractivity contribution is 0.347. The molecule has 0 saturated heterocycles. The van der Waals surface area contributed by atoms with Gasteiger partial charge in [0, 0.05) is 11.9 Å². The molecular formula is C20H18N2O. The molecule has 0 aromatic heterocycles. The lowest BCUT2D eigenvalue weighted by Crippen LogP contribution is -2.08. The zero-order valence-corrected chi connectivity index (χ0v) is 12.7. The van der Waals surface area contributed by atoms with Crippen LogP contribution in [0.15, 0.2) is 89.9 Å². The van der Waals surface area contributed by atoms with Gasteiger partial charge in [0.1, 0.15) is 5.75 Å². The number of anilines is 1. The van der Waals surface area contributed by atoms with Crippen LogP contribution in [0.2, 0.25) is 0 Å². The monoisotopic (exact) mass is 302 g/mol. The van der Waals surface area contributed by atoms with Gasteiger partial charge in [-0.25, -0.2) is 0 Å². The molecule has 1 N–H and O–H groups in total. The van der Waals surface area contributed by atoms with Crippen molar-refractivity contribution in [2.75, 3.05) is 12.0 Å². The van der Waals surface area contributed by atoms with Crippen molar-refractivity contribution in [3.8, 4) is 5.75 Å². The molecule has 0 aliphatic carbocycles. The van der Waals surface area contributed by atoms with Gasteiger partial charge < -0.3 is 10.1 Å². The molecule has 0 fully saturated rings. The van der Waals surface area contributed by atoms with E-state index in [1.165, 1.54) is 0 Å². The quantitative estimate of drug-likeness (QED) is 0.520. The maximum atomic E-state index is 5.66. The van der Waals surface area contributed by atoms with Crippen molar-refractivity contribution in [2.45, 2.75) is 0 Å². The summed E-state index contributed by atoms with van der Waals surface area (Å²) in [6, 6.07) is 27.7. The summed E-state index contributed by atoms with van der Waals surface area (Å²) in [6.07, 6.45) is 1.85. The normalized spacial score (nSPS) is 10.6. The molecule has 3 rings (SSSR count). The summed E-state index contributed by atoms with van der Waals surface area (Å²) in [4.78, 5) is 4.45. The van der Waals surface area contributed by atoms with E-state index in [0.717, 1.165) is 22.7 Å². The molecule has 0 unspecified atom stereocenters. The van der Waals surface area contributed by atoms with Gasteiger partial charge in [0.05, 0.1) is 5.69 Å². The van der Waals surface area contributed by atoms with Crippen LogP contribution in [0.3, 0.4) is 0 Å². The fraction of sp³-hybridized carbons (Fsp3) is 0.0500. The van der Waals surface area contributed by atoms with E-state index in [1.54, 1.807) is 0 Å². The summed E-state index contributed by atoms with van der Waals surface area (Å²) in [5.41, 5.74) is 3.02. The zero-order valence-electron chi connectivity index (χ0n) is 12.7. The average Bonchev–Trinajstić information content (AvgIpc) is 2.63. The highest BCUT2D eigenvalue weighted by molar-refractivity contribution is 5.81. The predicted molar refractivity (Wildman–Crippen MR) is 95.7 cm³/mol. The molecule has 0 aliphatic rings. The fourth-order valence-electron chi connectivity index (χ4n) is 2.08. The van der Waals surface area contributed by atoms with E-state index in [0.29, 0.717) is 6.73 Å². The van der Waals surface area contributed by atoms with E-state index in [2.05, 4.69) is 10.3 Å².